The Morgan fingerprint density at radius 3 is 2.65 bits per heavy atom. The standard InChI is InChI=1S/C12H14ClN3O3S/c1-8-7-9(2)16(14-8)12(17)15-20(18,19)11-6-4-3-5-10(11)13/h3-6,9H,7H2,1-2H3,(H,15,17). The second kappa shape index (κ2) is 5.41. The zero-order chi connectivity index (χ0) is 14.9. The molecule has 1 atom stereocenters. The van der Waals surface area contributed by atoms with Gasteiger partial charge in [-0.2, -0.15) is 5.10 Å². The molecule has 20 heavy (non-hydrogen) atoms. The van der Waals surface area contributed by atoms with Crippen molar-refractivity contribution >= 4 is 33.4 Å². The molecule has 1 aliphatic heterocycles. The lowest BCUT2D eigenvalue weighted by Gasteiger charge is -2.18. The van der Waals surface area contributed by atoms with E-state index in [1.165, 1.54) is 18.2 Å². The number of amides is 2. The first-order valence-electron chi connectivity index (χ1n) is 5.96. The van der Waals surface area contributed by atoms with Gasteiger partial charge in [-0.3, -0.25) is 0 Å². The molecule has 0 saturated heterocycles. The van der Waals surface area contributed by atoms with E-state index in [4.69, 9.17) is 11.6 Å². The summed E-state index contributed by atoms with van der Waals surface area (Å²) in [6.45, 7) is 3.58. The van der Waals surface area contributed by atoms with E-state index < -0.39 is 16.1 Å². The molecule has 0 radical (unpaired) electrons. The number of sulfonamides is 1. The number of hydrogen-bond donors (Lipinski definition) is 1. The minimum atomic E-state index is -4.01. The number of rotatable bonds is 2. The van der Waals surface area contributed by atoms with Gasteiger partial charge in [-0.15, -0.1) is 0 Å². The number of carbonyl (C=O) groups is 1. The Morgan fingerprint density at radius 1 is 1.45 bits per heavy atom. The van der Waals surface area contributed by atoms with Crippen molar-refractivity contribution in [3.8, 4) is 0 Å². The van der Waals surface area contributed by atoms with Crippen molar-refractivity contribution in [2.45, 2.75) is 31.2 Å². The summed E-state index contributed by atoms with van der Waals surface area (Å²) in [5.74, 6) is 0. The molecule has 8 heteroatoms. The maximum Gasteiger partial charge on any atom is 0.351 e. The highest BCUT2D eigenvalue weighted by atomic mass is 35.5. The van der Waals surface area contributed by atoms with E-state index >= 15 is 0 Å². The Labute approximate surface area is 122 Å². The first-order valence-corrected chi connectivity index (χ1v) is 7.82. The molecule has 1 unspecified atom stereocenters. The van der Waals surface area contributed by atoms with Crippen molar-refractivity contribution < 1.29 is 13.2 Å². The van der Waals surface area contributed by atoms with E-state index in [0.717, 1.165) is 10.7 Å². The number of benzene rings is 1. The lowest BCUT2D eigenvalue weighted by Crippen LogP contribution is -2.42. The van der Waals surface area contributed by atoms with Crippen LogP contribution in [0.3, 0.4) is 0 Å². The van der Waals surface area contributed by atoms with Gasteiger partial charge in [0.15, 0.2) is 0 Å². The molecule has 1 aromatic carbocycles. The molecular weight excluding hydrogens is 302 g/mol. The van der Waals surface area contributed by atoms with Crippen molar-refractivity contribution in [1.82, 2.24) is 9.73 Å². The third-order valence-electron chi connectivity index (χ3n) is 2.84. The predicted octanol–water partition coefficient (Wildman–Crippen LogP) is 2.21. The summed E-state index contributed by atoms with van der Waals surface area (Å²) in [7, 11) is -4.01. The van der Waals surface area contributed by atoms with E-state index in [2.05, 4.69) is 5.10 Å². The molecule has 2 rings (SSSR count). The summed E-state index contributed by atoms with van der Waals surface area (Å²) in [6, 6.07) is 4.97. The van der Waals surface area contributed by atoms with Gasteiger partial charge >= 0.3 is 6.03 Å². The molecule has 108 valence electrons. The van der Waals surface area contributed by atoms with Gasteiger partial charge in [0.25, 0.3) is 10.0 Å². The average molecular weight is 316 g/mol. The van der Waals surface area contributed by atoms with E-state index in [-0.39, 0.29) is 16.0 Å². The van der Waals surface area contributed by atoms with Crippen LogP contribution in [0.25, 0.3) is 0 Å². The van der Waals surface area contributed by atoms with Crippen molar-refractivity contribution in [2.24, 2.45) is 5.10 Å². The lowest BCUT2D eigenvalue weighted by molar-refractivity contribution is 0.196. The van der Waals surface area contributed by atoms with Crippen molar-refractivity contribution in [3.63, 3.8) is 0 Å². The van der Waals surface area contributed by atoms with Crippen LogP contribution in [-0.2, 0) is 10.0 Å². The number of nitrogens with one attached hydrogen (secondary N) is 1. The van der Waals surface area contributed by atoms with Gasteiger partial charge in [0.2, 0.25) is 0 Å². The topological polar surface area (TPSA) is 78.8 Å². The average Bonchev–Trinajstić information content (AvgIpc) is 2.68. The van der Waals surface area contributed by atoms with Crippen LogP contribution in [0.2, 0.25) is 5.02 Å². The van der Waals surface area contributed by atoms with Crippen molar-refractivity contribution in [1.29, 1.82) is 0 Å². The number of halogens is 1. The minimum absolute atomic E-state index is 0.0574. The first-order chi connectivity index (χ1) is 9.31. The smallest absolute Gasteiger partial charge is 0.246 e. The van der Waals surface area contributed by atoms with E-state index in [1.54, 1.807) is 19.9 Å². The molecule has 1 heterocycles. The molecule has 0 fully saturated rings. The number of hydrazone groups is 1. The number of urea groups is 1. The highest BCUT2D eigenvalue weighted by Gasteiger charge is 2.30. The molecule has 6 nitrogen and oxygen atoms in total. The zero-order valence-electron chi connectivity index (χ0n) is 11.0. The normalized spacial score (nSPS) is 18.9. The van der Waals surface area contributed by atoms with Gasteiger partial charge in [0.05, 0.1) is 11.1 Å². The predicted molar refractivity (Wildman–Crippen MR) is 76.2 cm³/mol. The fraction of sp³-hybridized carbons (Fsp3) is 0.333. The van der Waals surface area contributed by atoms with Crippen molar-refractivity contribution in [3.05, 3.63) is 29.3 Å². The highest BCUT2D eigenvalue weighted by molar-refractivity contribution is 7.90. The molecule has 2 amide bonds. The van der Waals surface area contributed by atoms with Crippen LogP contribution in [0.4, 0.5) is 4.79 Å². The minimum Gasteiger partial charge on any atom is -0.246 e. The first kappa shape index (κ1) is 14.8. The van der Waals surface area contributed by atoms with Gasteiger partial charge in [0, 0.05) is 12.1 Å². The molecule has 1 N–H and O–H groups in total. The van der Waals surface area contributed by atoms with E-state index in [1.807, 2.05) is 4.72 Å². The van der Waals surface area contributed by atoms with Gasteiger partial charge in [-0.05, 0) is 26.0 Å². The summed E-state index contributed by atoms with van der Waals surface area (Å²) in [5, 5.41) is 5.20. The quantitative estimate of drug-likeness (QED) is 0.908. The summed E-state index contributed by atoms with van der Waals surface area (Å²) in [4.78, 5) is 11.9. The van der Waals surface area contributed by atoms with Crippen LogP contribution in [-0.4, -0.2) is 31.2 Å². The number of hydrogen-bond acceptors (Lipinski definition) is 4. The van der Waals surface area contributed by atoms with Gasteiger partial charge < -0.3 is 0 Å². The Hall–Kier alpha value is -1.60. The molecule has 1 aliphatic rings. The van der Waals surface area contributed by atoms with Gasteiger partial charge in [-0.1, -0.05) is 23.7 Å². The van der Waals surface area contributed by atoms with Gasteiger partial charge in [-0.25, -0.2) is 22.9 Å². The van der Waals surface area contributed by atoms with Crippen LogP contribution in [0.15, 0.2) is 34.3 Å². The van der Waals surface area contributed by atoms with E-state index in [0.29, 0.717) is 6.42 Å². The van der Waals surface area contributed by atoms with Crippen LogP contribution in [0.1, 0.15) is 20.3 Å². The molecule has 0 spiro atoms. The molecule has 1 aromatic rings. The van der Waals surface area contributed by atoms with Crippen LogP contribution >= 0.6 is 11.6 Å². The fourth-order valence-electron chi connectivity index (χ4n) is 1.96. The second-order valence-electron chi connectivity index (χ2n) is 4.57. The molecule has 0 bridgehead atoms. The molecule has 0 aliphatic carbocycles. The van der Waals surface area contributed by atoms with Gasteiger partial charge in [0.1, 0.15) is 4.90 Å². The van der Waals surface area contributed by atoms with Crippen LogP contribution in [0.5, 0.6) is 0 Å². The third kappa shape index (κ3) is 2.94. The van der Waals surface area contributed by atoms with Crippen molar-refractivity contribution in [2.75, 3.05) is 0 Å². The Balaban J connectivity index is 2.22. The maximum absolute atomic E-state index is 12.1. The van der Waals surface area contributed by atoms with E-state index in [9.17, 15) is 13.2 Å². The summed E-state index contributed by atoms with van der Waals surface area (Å²) in [5.41, 5.74) is 0.780. The fourth-order valence-corrected chi connectivity index (χ4v) is 3.42. The summed E-state index contributed by atoms with van der Waals surface area (Å²) >= 11 is 5.83. The number of nitrogens with zero attached hydrogens (tertiary/aromatic N) is 2. The third-order valence-corrected chi connectivity index (χ3v) is 4.66. The zero-order valence-corrected chi connectivity index (χ0v) is 12.6. The molecule has 0 aromatic heterocycles. The Kier molecular flexibility index (Phi) is 4.01. The van der Waals surface area contributed by atoms with Crippen LogP contribution < -0.4 is 4.72 Å². The maximum atomic E-state index is 12.1. The lowest BCUT2D eigenvalue weighted by atomic mass is 10.2. The monoisotopic (exact) mass is 315 g/mol. The molecular formula is C12H14ClN3O3S. The number of carbonyl (C=O) groups excluding carboxylic acids is 1. The second-order valence-corrected chi connectivity index (χ2v) is 6.63. The SMILES string of the molecule is CC1=NN(C(=O)NS(=O)(=O)c2ccccc2Cl)C(C)C1. The highest BCUT2D eigenvalue weighted by Crippen LogP contribution is 2.21. The Morgan fingerprint density at radius 2 is 2.10 bits per heavy atom. The molecule has 0 saturated carbocycles. The summed E-state index contributed by atoms with van der Waals surface area (Å²) < 4.78 is 26.2. The summed E-state index contributed by atoms with van der Waals surface area (Å²) in [6.07, 6.45) is 0.625. The van der Waals surface area contributed by atoms with Crippen LogP contribution in [0, 0.1) is 0 Å². The Bertz CT molecular complexity index is 672. The largest absolute Gasteiger partial charge is 0.351 e.